The number of carbonyl (C=O) groups is 1. The minimum Gasteiger partial charge on any atom is -0.479 e. The molecule has 0 spiro atoms. The first kappa shape index (κ1) is 12.6. The zero-order chi connectivity index (χ0) is 12.5. The summed E-state index contributed by atoms with van der Waals surface area (Å²) in [7, 11) is 0. The lowest BCUT2D eigenvalue weighted by Gasteiger charge is -2.30. The molecule has 0 aliphatic carbocycles. The summed E-state index contributed by atoms with van der Waals surface area (Å²) in [5, 5.41) is 13.2. The Morgan fingerprint density at radius 1 is 1.65 bits per heavy atom. The van der Waals surface area contributed by atoms with Gasteiger partial charge >= 0.3 is 5.97 Å². The van der Waals surface area contributed by atoms with Gasteiger partial charge in [0.2, 0.25) is 0 Å². The maximum Gasteiger partial charge on any atom is 0.330 e. The van der Waals surface area contributed by atoms with Gasteiger partial charge in [0.05, 0.1) is 0 Å². The summed E-state index contributed by atoms with van der Waals surface area (Å²) in [5.41, 5.74) is -0.121. The second kappa shape index (κ2) is 4.78. The molecule has 1 aliphatic rings. The van der Waals surface area contributed by atoms with Crippen molar-refractivity contribution in [2.75, 3.05) is 11.1 Å². The molecule has 0 saturated carbocycles. The average Bonchev–Trinajstić information content (AvgIpc) is 2.61. The van der Waals surface area contributed by atoms with Gasteiger partial charge in [-0.3, -0.25) is 0 Å². The van der Waals surface area contributed by atoms with E-state index in [1.807, 2.05) is 19.1 Å². The molecule has 2 atom stereocenters. The summed E-state index contributed by atoms with van der Waals surface area (Å²) in [6.07, 6.45) is 0.626. The first-order valence-corrected chi connectivity index (χ1v) is 6.86. The SMILES string of the molecule is CC1SCCC1(Nc1cccc(Cl)c1)C(=O)O. The first-order valence-electron chi connectivity index (χ1n) is 5.43. The average molecular weight is 272 g/mol. The van der Waals surface area contributed by atoms with E-state index in [9.17, 15) is 9.90 Å². The molecule has 0 bridgehead atoms. The summed E-state index contributed by atoms with van der Waals surface area (Å²) >= 11 is 7.58. The monoisotopic (exact) mass is 271 g/mol. The smallest absolute Gasteiger partial charge is 0.330 e. The lowest BCUT2D eigenvalue weighted by atomic mass is 9.92. The van der Waals surface area contributed by atoms with Crippen LogP contribution in [0.2, 0.25) is 5.02 Å². The van der Waals surface area contributed by atoms with Crippen LogP contribution in [0.4, 0.5) is 5.69 Å². The predicted octanol–water partition coefficient (Wildman–Crippen LogP) is 3.10. The second-order valence-corrected chi connectivity index (χ2v) is 6.06. The number of hydrogen-bond acceptors (Lipinski definition) is 3. The molecule has 2 N–H and O–H groups in total. The van der Waals surface area contributed by atoms with Gasteiger partial charge in [0, 0.05) is 16.0 Å². The van der Waals surface area contributed by atoms with Gasteiger partial charge in [-0.1, -0.05) is 24.6 Å². The number of rotatable bonds is 3. The zero-order valence-corrected chi connectivity index (χ0v) is 11.0. The molecular weight excluding hydrogens is 258 g/mol. The molecule has 1 aromatic carbocycles. The largest absolute Gasteiger partial charge is 0.479 e. The lowest BCUT2D eigenvalue weighted by molar-refractivity contribution is -0.142. The summed E-state index contributed by atoms with van der Waals surface area (Å²) in [5.74, 6) is 0.0658. The highest BCUT2D eigenvalue weighted by molar-refractivity contribution is 8.00. The topological polar surface area (TPSA) is 49.3 Å². The number of anilines is 1. The number of hydrogen-bond donors (Lipinski definition) is 2. The molecule has 2 unspecified atom stereocenters. The van der Waals surface area contributed by atoms with Crippen molar-refractivity contribution in [2.24, 2.45) is 0 Å². The minimum atomic E-state index is -0.880. The highest BCUT2D eigenvalue weighted by atomic mass is 35.5. The summed E-state index contributed by atoms with van der Waals surface area (Å²) in [6.45, 7) is 1.95. The number of carboxylic acids is 1. The molecule has 5 heteroatoms. The third kappa shape index (κ3) is 2.38. The zero-order valence-electron chi connectivity index (χ0n) is 9.44. The quantitative estimate of drug-likeness (QED) is 0.887. The van der Waals surface area contributed by atoms with Gasteiger partial charge in [0.15, 0.2) is 0 Å². The van der Waals surface area contributed by atoms with Crippen LogP contribution in [0.3, 0.4) is 0 Å². The number of halogens is 1. The van der Waals surface area contributed by atoms with Crippen molar-refractivity contribution >= 4 is 35.0 Å². The molecule has 1 fully saturated rings. The van der Waals surface area contributed by atoms with Crippen molar-refractivity contribution in [3.8, 4) is 0 Å². The van der Waals surface area contributed by atoms with E-state index >= 15 is 0 Å². The van der Waals surface area contributed by atoms with Crippen LogP contribution in [-0.2, 0) is 4.79 Å². The van der Waals surface area contributed by atoms with Crippen molar-refractivity contribution in [3.05, 3.63) is 29.3 Å². The van der Waals surface area contributed by atoms with E-state index in [-0.39, 0.29) is 5.25 Å². The van der Waals surface area contributed by atoms with Crippen molar-refractivity contribution in [1.29, 1.82) is 0 Å². The van der Waals surface area contributed by atoms with E-state index in [0.29, 0.717) is 11.4 Å². The van der Waals surface area contributed by atoms with Crippen molar-refractivity contribution in [3.63, 3.8) is 0 Å². The van der Waals surface area contributed by atoms with Gasteiger partial charge < -0.3 is 10.4 Å². The minimum absolute atomic E-state index is 0.0407. The molecule has 1 heterocycles. The van der Waals surface area contributed by atoms with Crippen molar-refractivity contribution in [2.45, 2.75) is 24.1 Å². The maximum atomic E-state index is 11.5. The predicted molar refractivity (Wildman–Crippen MR) is 72.0 cm³/mol. The highest BCUT2D eigenvalue weighted by Crippen LogP contribution is 2.38. The Labute approximate surface area is 110 Å². The van der Waals surface area contributed by atoms with Crippen LogP contribution in [0, 0.1) is 0 Å². The third-order valence-corrected chi connectivity index (χ3v) is 4.71. The Bertz CT molecular complexity index is 440. The van der Waals surface area contributed by atoms with E-state index in [1.165, 1.54) is 0 Å². The summed E-state index contributed by atoms with van der Waals surface area (Å²) in [4.78, 5) is 11.5. The van der Waals surface area contributed by atoms with Gasteiger partial charge in [-0.25, -0.2) is 4.79 Å². The van der Waals surface area contributed by atoms with E-state index in [2.05, 4.69) is 5.32 Å². The summed E-state index contributed by atoms with van der Waals surface area (Å²) in [6, 6.07) is 7.17. The Balaban J connectivity index is 2.28. The molecular formula is C12H14ClNO2S. The van der Waals surface area contributed by atoms with Gasteiger partial charge in [0.1, 0.15) is 5.54 Å². The normalized spacial score (nSPS) is 28.0. The summed E-state index contributed by atoms with van der Waals surface area (Å²) < 4.78 is 0. The van der Waals surface area contributed by atoms with E-state index < -0.39 is 11.5 Å². The van der Waals surface area contributed by atoms with Crippen LogP contribution >= 0.6 is 23.4 Å². The third-order valence-electron chi connectivity index (χ3n) is 3.13. The molecule has 0 amide bonds. The van der Waals surface area contributed by atoms with E-state index in [0.717, 1.165) is 11.4 Å². The van der Waals surface area contributed by atoms with Crippen LogP contribution in [0.15, 0.2) is 24.3 Å². The van der Waals surface area contributed by atoms with Gasteiger partial charge in [-0.05, 0) is 30.4 Å². The number of nitrogens with one attached hydrogen (secondary N) is 1. The molecule has 2 rings (SSSR count). The van der Waals surface area contributed by atoms with Crippen LogP contribution in [-0.4, -0.2) is 27.6 Å². The standard InChI is InChI=1S/C12H14ClNO2S/c1-8-12(11(15)16,5-6-17-8)14-10-4-2-3-9(13)7-10/h2-4,7-8,14H,5-6H2,1H3,(H,15,16). The fourth-order valence-electron chi connectivity index (χ4n) is 2.06. The van der Waals surface area contributed by atoms with Crippen LogP contribution in [0.25, 0.3) is 0 Å². The van der Waals surface area contributed by atoms with E-state index in [4.69, 9.17) is 11.6 Å². The van der Waals surface area contributed by atoms with Crippen LogP contribution in [0.1, 0.15) is 13.3 Å². The molecule has 0 aromatic heterocycles. The number of benzene rings is 1. The molecule has 0 radical (unpaired) electrons. The fourth-order valence-corrected chi connectivity index (χ4v) is 3.61. The van der Waals surface area contributed by atoms with Gasteiger partial charge in [-0.2, -0.15) is 11.8 Å². The number of carboxylic acid groups (broad SMARTS) is 1. The van der Waals surface area contributed by atoms with Crippen LogP contribution in [0.5, 0.6) is 0 Å². The number of thioether (sulfide) groups is 1. The molecule has 3 nitrogen and oxygen atoms in total. The molecule has 1 aromatic rings. The van der Waals surface area contributed by atoms with Crippen molar-refractivity contribution < 1.29 is 9.90 Å². The first-order chi connectivity index (χ1) is 8.04. The Kier molecular flexibility index (Phi) is 3.54. The fraction of sp³-hybridized carbons (Fsp3) is 0.417. The molecule has 92 valence electrons. The molecule has 1 aliphatic heterocycles. The van der Waals surface area contributed by atoms with Gasteiger partial charge in [0.25, 0.3) is 0 Å². The van der Waals surface area contributed by atoms with Crippen molar-refractivity contribution in [1.82, 2.24) is 0 Å². The maximum absolute atomic E-state index is 11.5. The Morgan fingerprint density at radius 3 is 2.94 bits per heavy atom. The molecule has 1 saturated heterocycles. The van der Waals surface area contributed by atoms with Gasteiger partial charge in [-0.15, -0.1) is 0 Å². The highest BCUT2D eigenvalue weighted by Gasteiger charge is 2.47. The lowest BCUT2D eigenvalue weighted by Crippen LogP contribution is -2.50. The Hall–Kier alpha value is -0.870. The number of aliphatic carboxylic acids is 1. The molecule has 17 heavy (non-hydrogen) atoms. The second-order valence-electron chi connectivity index (χ2n) is 4.17. The van der Waals surface area contributed by atoms with Crippen LogP contribution < -0.4 is 5.32 Å². The Morgan fingerprint density at radius 2 is 2.41 bits per heavy atom. The van der Waals surface area contributed by atoms with E-state index in [1.54, 1.807) is 23.9 Å².